The largest absolute Gasteiger partial charge is 0.306 e. The maximum Gasteiger partial charge on any atom is 0.157 e. The summed E-state index contributed by atoms with van der Waals surface area (Å²) in [5, 5.41) is 4.55. The number of nitrogens with zero attached hydrogens (tertiary/aromatic N) is 2. The highest BCUT2D eigenvalue weighted by atomic mass is 35.5. The van der Waals surface area contributed by atoms with Gasteiger partial charge in [0.1, 0.15) is 5.82 Å². The van der Waals surface area contributed by atoms with E-state index in [9.17, 15) is 8.60 Å². The second-order valence-electron chi connectivity index (χ2n) is 4.90. The molecular formula is C16H12ClFN2O2S. The molecule has 0 aliphatic carbocycles. The molecule has 0 bridgehead atoms. The van der Waals surface area contributed by atoms with Crippen LogP contribution in [-0.4, -0.2) is 18.5 Å². The fourth-order valence-electron chi connectivity index (χ4n) is 2.25. The molecule has 0 amide bonds. The van der Waals surface area contributed by atoms with E-state index in [1.807, 2.05) is 12.1 Å². The molecule has 118 valence electrons. The van der Waals surface area contributed by atoms with Crippen molar-refractivity contribution in [2.75, 3.05) is 0 Å². The molecule has 1 aromatic heterocycles. The fourth-order valence-corrected chi connectivity index (χ4v) is 2.91. The highest BCUT2D eigenvalue weighted by Crippen LogP contribution is 2.26. The zero-order valence-electron chi connectivity index (χ0n) is 11.8. The van der Waals surface area contributed by atoms with Crippen molar-refractivity contribution in [1.82, 2.24) is 9.78 Å². The Morgan fingerprint density at radius 1 is 1.13 bits per heavy atom. The van der Waals surface area contributed by atoms with Crippen LogP contribution in [0.2, 0.25) is 5.15 Å². The van der Waals surface area contributed by atoms with Gasteiger partial charge in [-0.1, -0.05) is 35.9 Å². The number of hydrogen-bond acceptors (Lipinski definition) is 2. The zero-order chi connectivity index (χ0) is 16.4. The fraction of sp³-hybridized carbons (Fsp3) is 0.0625. The topological polar surface area (TPSA) is 55.1 Å². The Morgan fingerprint density at radius 2 is 1.78 bits per heavy atom. The molecule has 0 aliphatic heterocycles. The molecule has 4 nitrogen and oxygen atoms in total. The van der Waals surface area contributed by atoms with Crippen molar-refractivity contribution in [3.8, 4) is 16.9 Å². The molecule has 1 heterocycles. The first-order valence-corrected chi connectivity index (χ1v) is 8.36. The van der Waals surface area contributed by atoms with Crippen LogP contribution in [0.4, 0.5) is 4.39 Å². The van der Waals surface area contributed by atoms with Crippen LogP contribution in [0.1, 0.15) is 5.56 Å². The van der Waals surface area contributed by atoms with Crippen LogP contribution >= 0.6 is 11.6 Å². The third kappa shape index (κ3) is 3.67. The number of aromatic nitrogens is 2. The Morgan fingerprint density at radius 3 is 2.39 bits per heavy atom. The van der Waals surface area contributed by atoms with Gasteiger partial charge in [0, 0.05) is 11.6 Å². The molecule has 7 heteroatoms. The zero-order valence-corrected chi connectivity index (χ0v) is 13.4. The average molecular weight is 351 g/mol. The first-order valence-electron chi connectivity index (χ1n) is 6.71. The van der Waals surface area contributed by atoms with Crippen LogP contribution in [0.25, 0.3) is 16.9 Å². The smallest absolute Gasteiger partial charge is 0.157 e. The van der Waals surface area contributed by atoms with Crippen molar-refractivity contribution in [2.45, 2.75) is 5.75 Å². The van der Waals surface area contributed by atoms with Crippen LogP contribution in [0, 0.1) is 5.82 Å². The van der Waals surface area contributed by atoms with Gasteiger partial charge < -0.3 is 4.55 Å². The lowest BCUT2D eigenvalue weighted by Gasteiger charge is -2.08. The Labute approximate surface area is 139 Å². The van der Waals surface area contributed by atoms with Crippen molar-refractivity contribution in [3.05, 3.63) is 71.1 Å². The summed E-state index contributed by atoms with van der Waals surface area (Å²) in [6.45, 7) is 0. The van der Waals surface area contributed by atoms with Gasteiger partial charge in [0.25, 0.3) is 0 Å². The standard InChI is InChI=1S/C16H12ClFN2O2S/c17-16-9-15(12-3-1-11(2-4-12)10-23(21)22)20(19-16)14-7-5-13(18)6-8-14/h1-9H,10H2,(H,21,22). The molecule has 3 rings (SSSR count). The summed E-state index contributed by atoms with van der Waals surface area (Å²) in [6.07, 6.45) is 0. The lowest BCUT2D eigenvalue weighted by molar-refractivity contribution is 0.563. The van der Waals surface area contributed by atoms with E-state index in [4.69, 9.17) is 16.2 Å². The second kappa shape index (κ2) is 6.62. The molecule has 0 saturated carbocycles. The average Bonchev–Trinajstić information content (AvgIpc) is 2.90. The Kier molecular flexibility index (Phi) is 4.56. The quantitative estimate of drug-likeness (QED) is 0.722. The van der Waals surface area contributed by atoms with Crippen LogP contribution in [0.15, 0.2) is 54.6 Å². The summed E-state index contributed by atoms with van der Waals surface area (Å²) < 4.78 is 34.5. The van der Waals surface area contributed by atoms with Gasteiger partial charge in [-0.05, 0) is 29.8 Å². The SMILES string of the molecule is O=S(O)Cc1ccc(-c2cc(Cl)nn2-c2ccc(F)cc2)cc1. The molecular weight excluding hydrogens is 339 g/mol. The number of benzene rings is 2. The predicted octanol–water partition coefficient (Wildman–Crippen LogP) is 4.05. The van der Waals surface area contributed by atoms with Gasteiger partial charge >= 0.3 is 0 Å². The van der Waals surface area contributed by atoms with Gasteiger partial charge in [0.15, 0.2) is 16.2 Å². The number of halogens is 2. The molecule has 0 saturated heterocycles. The lowest BCUT2D eigenvalue weighted by Crippen LogP contribution is -1.99. The lowest BCUT2D eigenvalue weighted by atomic mass is 10.1. The Hall–Kier alpha value is -2.02. The van der Waals surface area contributed by atoms with E-state index in [-0.39, 0.29) is 11.6 Å². The highest BCUT2D eigenvalue weighted by molar-refractivity contribution is 7.78. The third-order valence-electron chi connectivity index (χ3n) is 3.29. The predicted molar refractivity (Wildman–Crippen MR) is 88.4 cm³/mol. The minimum absolute atomic E-state index is 0.0816. The van der Waals surface area contributed by atoms with Crippen LogP contribution in [0.5, 0.6) is 0 Å². The number of hydrogen-bond donors (Lipinski definition) is 1. The van der Waals surface area contributed by atoms with Crippen LogP contribution < -0.4 is 0 Å². The molecule has 0 radical (unpaired) electrons. The summed E-state index contributed by atoms with van der Waals surface area (Å²) >= 11 is 4.14. The van der Waals surface area contributed by atoms with Crippen molar-refractivity contribution in [3.63, 3.8) is 0 Å². The van der Waals surface area contributed by atoms with Gasteiger partial charge in [0.05, 0.1) is 17.1 Å². The second-order valence-corrected chi connectivity index (χ2v) is 6.22. The van der Waals surface area contributed by atoms with Crippen LogP contribution in [0.3, 0.4) is 0 Å². The first kappa shape index (κ1) is 15.9. The molecule has 23 heavy (non-hydrogen) atoms. The molecule has 1 unspecified atom stereocenters. The molecule has 1 N–H and O–H groups in total. The summed E-state index contributed by atoms with van der Waals surface area (Å²) in [4.78, 5) is 0. The van der Waals surface area contributed by atoms with E-state index in [2.05, 4.69) is 5.10 Å². The molecule has 0 aliphatic rings. The van der Waals surface area contributed by atoms with Gasteiger partial charge in [-0.2, -0.15) is 5.10 Å². The molecule has 1 atom stereocenters. The van der Waals surface area contributed by atoms with Gasteiger partial charge in [-0.3, -0.25) is 0 Å². The van der Waals surface area contributed by atoms with Crippen molar-refractivity contribution in [2.24, 2.45) is 0 Å². The third-order valence-corrected chi connectivity index (χ3v) is 4.06. The Bertz CT molecular complexity index is 848. The minimum atomic E-state index is -1.87. The van der Waals surface area contributed by atoms with E-state index in [0.29, 0.717) is 10.8 Å². The van der Waals surface area contributed by atoms with Crippen LogP contribution in [-0.2, 0) is 16.8 Å². The summed E-state index contributed by atoms with van der Waals surface area (Å²) in [7, 11) is 0. The van der Waals surface area contributed by atoms with Gasteiger partial charge in [-0.25, -0.2) is 13.3 Å². The van der Waals surface area contributed by atoms with Gasteiger partial charge in [0.2, 0.25) is 0 Å². The minimum Gasteiger partial charge on any atom is -0.306 e. The maximum absolute atomic E-state index is 13.1. The van der Waals surface area contributed by atoms with E-state index in [0.717, 1.165) is 16.8 Å². The molecule has 0 spiro atoms. The number of rotatable bonds is 4. The normalized spacial score (nSPS) is 12.3. The summed E-state index contributed by atoms with van der Waals surface area (Å²) in [5.41, 5.74) is 3.04. The van der Waals surface area contributed by atoms with E-state index in [1.165, 1.54) is 12.1 Å². The van der Waals surface area contributed by atoms with Gasteiger partial charge in [-0.15, -0.1) is 0 Å². The highest BCUT2D eigenvalue weighted by Gasteiger charge is 2.11. The van der Waals surface area contributed by atoms with Crippen molar-refractivity contribution < 1.29 is 13.2 Å². The maximum atomic E-state index is 13.1. The van der Waals surface area contributed by atoms with Crippen molar-refractivity contribution >= 4 is 22.7 Å². The first-order chi connectivity index (χ1) is 11.0. The monoisotopic (exact) mass is 350 g/mol. The summed E-state index contributed by atoms with van der Waals surface area (Å²) in [6, 6.07) is 14.9. The molecule has 2 aromatic carbocycles. The summed E-state index contributed by atoms with van der Waals surface area (Å²) in [5.74, 6) is -0.243. The van der Waals surface area contributed by atoms with E-state index >= 15 is 0 Å². The molecule has 3 aromatic rings. The van der Waals surface area contributed by atoms with E-state index in [1.54, 1.807) is 35.0 Å². The van der Waals surface area contributed by atoms with E-state index < -0.39 is 11.1 Å². The van der Waals surface area contributed by atoms with Crippen molar-refractivity contribution in [1.29, 1.82) is 0 Å². The Balaban J connectivity index is 2.00. The molecule has 0 fully saturated rings.